The number of carbonyl (C=O) groups excluding carboxylic acids is 1. The third-order valence-corrected chi connectivity index (χ3v) is 4.38. The molecule has 2 fully saturated rings. The molecule has 0 aromatic rings. The summed E-state index contributed by atoms with van der Waals surface area (Å²) >= 11 is 0. The van der Waals surface area contributed by atoms with Crippen LogP contribution in [0.25, 0.3) is 0 Å². The molecule has 19 heavy (non-hydrogen) atoms. The van der Waals surface area contributed by atoms with Crippen LogP contribution in [0.15, 0.2) is 0 Å². The lowest BCUT2D eigenvalue weighted by molar-refractivity contribution is -0.146. The molecule has 1 saturated heterocycles. The zero-order chi connectivity index (χ0) is 13.7. The van der Waals surface area contributed by atoms with Crippen molar-refractivity contribution in [3.8, 4) is 0 Å². The molecule has 1 heterocycles. The first-order valence-electron chi connectivity index (χ1n) is 7.72. The van der Waals surface area contributed by atoms with Crippen molar-refractivity contribution in [2.24, 2.45) is 0 Å². The van der Waals surface area contributed by atoms with Gasteiger partial charge in [0.25, 0.3) is 0 Å². The van der Waals surface area contributed by atoms with Crippen LogP contribution < -0.4 is 5.32 Å². The summed E-state index contributed by atoms with van der Waals surface area (Å²) in [7, 11) is 0. The van der Waals surface area contributed by atoms with Gasteiger partial charge in [-0.1, -0.05) is 19.3 Å². The monoisotopic (exact) mass is 269 g/mol. The van der Waals surface area contributed by atoms with Gasteiger partial charge in [0, 0.05) is 12.6 Å². The molecule has 2 atom stereocenters. The second-order valence-corrected chi connectivity index (χ2v) is 5.92. The Morgan fingerprint density at radius 2 is 2.16 bits per heavy atom. The molecule has 1 aliphatic carbocycles. The van der Waals surface area contributed by atoms with Crippen molar-refractivity contribution >= 4 is 5.97 Å². The van der Waals surface area contributed by atoms with Crippen LogP contribution >= 0.6 is 0 Å². The second kappa shape index (κ2) is 6.71. The maximum absolute atomic E-state index is 11.7. The number of hydrogen-bond donors (Lipinski definition) is 1. The molecule has 2 rings (SSSR count). The Labute approximate surface area is 116 Å². The topological polar surface area (TPSA) is 47.6 Å². The standard InChI is InChI=1S/C15H27NO3/c1-3-18-14(17)12(2)16-13-7-10-19-15(11-13)8-5-4-6-9-15/h12-13,16H,3-11H2,1-2H3. The third kappa shape index (κ3) is 3.93. The van der Waals surface area contributed by atoms with E-state index in [0.29, 0.717) is 12.6 Å². The normalized spacial score (nSPS) is 28.0. The highest BCUT2D eigenvalue weighted by atomic mass is 16.5. The number of nitrogens with one attached hydrogen (secondary N) is 1. The van der Waals surface area contributed by atoms with E-state index in [1.54, 1.807) is 0 Å². The quantitative estimate of drug-likeness (QED) is 0.796. The number of hydrogen-bond acceptors (Lipinski definition) is 4. The van der Waals surface area contributed by atoms with Gasteiger partial charge in [0.2, 0.25) is 0 Å². The maximum Gasteiger partial charge on any atom is 0.322 e. The van der Waals surface area contributed by atoms with Crippen LogP contribution in [-0.2, 0) is 14.3 Å². The van der Waals surface area contributed by atoms with Gasteiger partial charge >= 0.3 is 5.97 Å². The molecule has 2 unspecified atom stereocenters. The molecule has 2 aliphatic rings. The van der Waals surface area contributed by atoms with E-state index >= 15 is 0 Å². The molecule has 4 nitrogen and oxygen atoms in total. The predicted octanol–water partition coefficient (Wildman–Crippen LogP) is 2.41. The average molecular weight is 269 g/mol. The first kappa shape index (κ1) is 14.8. The van der Waals surface area contributed by atoms with Crippen LogP contribution in [0, 0.1) is 0 Å². The van der Waals surface area contributed by atoms with Crippen LogP contribution in [0.3, 0.4) is 0 Å². The molecule has 0 radical (unpaired) electrons. The Morgan fingerprint density at radius 1 is 1.42 bits per heavy atom. The van der Waals surface area contributed by atoms with Gasteiger partial charge in [0.15, 0.2) is 0 Å². The van der Waals surface area contributed by atoms with E-state index in [4.69, 9.17) is 9.47 Å². The van der Waals surface area contributed by atoms with Gasteiger partial charge in [-0.25, -0.2) is 0 Å². The SMILES string of the molecule is CCOC(=O)C(C)NC1CCOC2(CCCCC2)C1. The minimum absolute atomic E-state index is 0.0859. The summed E-state index contributed by atoms with van der Waals surface area (Å²) in [6.45, 7) is 4.99. The van der Waals surface area contributed by atoms with Crippen molar-refractivity contribution in [1.82, 2.24) is 5.32 Å². The fourth-order valence-corrected chi connectivity index (χ4v) is 3.40. The van der Waals surface area contributed by atoms with E-state index in [9.17, 15) is 4.79 Å². The largest absolute Gasteiger partial charge is 0.465 e. The van der Waals surface area contributed by atoms with Crippen molar-refractivity contribution < 1.29 is 14.3 Å². The summed E-state index contributed by atoms with van der Waals surface area (Å²) in [5.74, 6) is -0.147. The predicted molar refractivity (Wildman–Crippen MR) is 74.0 cm³/mol. The summed E-state index contributed by atoms with van der Waals surface area (Å²) in [6.07, 6.45) is 8.28. The third-order valence-electron chi connectivity index (χ3n) is 4.38. The van der Waals surface area contributed by atoms with Crippen LogP contribution in [-0.4, -0.2) is 36.9 Å². The highest BCUT2D eigenvalue weighted by Gasteiger charge is 2.39. The summed E-state index contributed by atoms with van der Waals surface area (Å²) in [5, 5.41) is 3.42. The lowest BCUT2D eigenvalue weighted by atomic mass is 9.78. The van der Waals surface area contributed by atoms with Gasteiger partial charge in [-0.05, 0) is 39.5 Å². The molecule has 1 N–H and O–H groups in total. The summed E-state index contributed by atoms with van der Waals surface area (Å²) in [4.78, 5) is 11.7. The van der Waals surface area contributed by atoms with E-state index in [1.165, 1.54) is 32.1 Å². The molecular weight excluding hydrogens is 242 g/mol. The fourth-order valence-electron chi connectivity index (χ4n) is 3.40. The van der Waals surface area contributed by atoms with Gasteiger partial charge in [0.05, 0.1) is 12.2 Å². The van der Waals surface area contributed by atoms with Crippen molar-refractivity contribution in [2.75, 3.05) is 13.2 Å². The van der Waals surface area contributed by atoms with E-state index in [-0.39, 0.29) is 17.6 Å². The molecule has 0 aromatic carbocycles. The van der Waals surface area contributed by atoms with Gasteiger partial charge < -0.3 is 14.8 Å². The Kier molecular flexibility index (Phi) is 5.22. The van der Waals surface area contributed by atoms with Gasteiger partial charge in [-0.3, -0.25) is 4.79 Å². The highest BCUT2D eigenvalue weighted by molar-refractivity contribution is 5.75. The fraction of sp³-hybridized carbons (Fsp3) is 0.933. The first-order chi connectivity index (χ1) is 9.15. The molecule has 1 saturated carbocycles. The van der Waals surface area contributed by atoms with Crippen LogP contribution in [0.5, 0.6) is 0 Å². The zero-order valence-electron chi connectivity index (χ0n) is 12.2. The lowest BCUT2D eigenvalue weighted by Gasteiger charge is -2.44. The van der Waals surface area contributed by atoms with Crippen molar-refractivity contribution in [3.63, 3.8) is 0 Å². The molecule has 110 valence electrons. The molecular formula is C15H27NO3. The van der Waals surface area contributed by atoms with Gasteiger partial charge in [0.1, 0.15) is 6.04 Å². The number of esters is 1. The Morgan fingerprint density at radius 3 is 2.84 bits per heavy atom. The van der Waals surface area contributed by atoms with Crippen LogP contribution in [0.1, 0.15) is 58.8 Å². The Balaban J connectivity index is 1.85. The van der Waals surface area contributed by atoms with E-state index < -0.39 is 0 Å². The maximum atomic E-state index is 11.7. The molecule has 0 amide bonds. The Bertz CT molecular complexity index is 294. The molecule has 0 bridgehead atoms. The number of ether oxygens (including phenoxy) is 2. The highest BCUT2D eigenvalue weighted by Crippen LogP contribution is 2.38. The van der Waals surface area contributed by atoms with E-state index in [0.717, 1.165) is 19.4 Å². The van der Waals surface area contributed by atoms with Gasteiger partial charge in [-0.2, -0.15) is 0 Å². The van der Waals surface area contributed by atoms with Crippen molar-refractivity contribution in [1.29, 1.82) is 0 Å². The average Bonchev–Trinajstić information content (AvgIpc) is 2.40. The lowest BCUT2D eigenvalue weighted by Crippen LogP contribution is -2.51. The summed E-state index contributed by atoms with van der Waals surface area (Å²) in [5.41, 5.74) is 0.0859. The van der Waals surface area contributed by atoms with Gasteiger partial charge in [-0.15, -0.1) is 0 Å². The Hall–Kier alpha value is -0.610. The zero-order valence-corrected chi connectivity index (χ0v) is 12.2. The van der Waals surface area contributed by atoms with E-state index in [2.05, 4.69) is 5.32 Å². The first-order valence-corrected chi connectivity index (χ1v) is 7.72. The van der Waals surface area contributed by atoms with Crippen LogP contribution in [0.4, 0.5) is 0 Å². The molecule has 1 spiro atoms. The van der Waals surface area contributed by atoms with E-state index in [1.807, 2.05) is 13.8 Å². The van der Waals surface area contributed by atoms with Crippen LogP contribution in [0.2, 0.25) is 0 Å². The minimum Gasteiger partial charge on any atom is -0.465 e. The second-order valence-electron chi connectivity index (χ2n) is 5.92. The summed E-state index contributed by atoms with van der Waals surface area (Å²) < 4.78 is 11.1. The van der Waals surface area contributed by atoms with Crippen molar-refractivity contribution in [3.05, 3.63) is 0 Å². The number of rotatable bonds is 4. The summed E-state index contributed by atoms with van der Waals surface area (Å²) in [6, 6.07) is 0.162. The smallest absolute Gasteiger partial charge is 0.322 e. The number of carbonyl (C=O) groups is 1. The van der Waals surface area contributed by atoms with Crippen molar-refractivity contribution in [2.45, 2.75) is 76.5 Å². The molecule has 0 aromatic heterocycles. The molecule has 4 heteroatoms. The minimum atomic E-state index is -0.219. The molecule has 1 aliphatic heterocycles.